The maximum absolute atomic E-state index is 11.2. The van der Waals surface area contributed by atoms with E-state index in [0.717, 1.165) is 17.9 Å². The molecule has 0 radical (unpaired) electrons. The van der Waals surface area contributed by atoms with E-state index in [2.05, 4.69) is 5.32 Å². The fourth-order valence-electron chi connectivity index (χ4n) is 1.43. The predicted molar refractivity (Wildman–Crippen MR) is 72.6 cm³/mol. The number of amides is 1. The van der Waals surface area contributed by atoms with Gasteiger partial charge in [-0.25, -0.2) is 0 Å². The molecule has 0 bridgehead atoms. The lowest BCUT2D eigenvalue weighted by Gasteiger charge is -2.11. The number of nitrogens with zero attached hydrogens (tertiary/aromatic N) is 2. The topological polar surface area (TPSA) is 65.4 Å². The molecule has 1 amide bonds. The molecule has 5 nitrogen and oxygen atoms in total. The highest BCUT2D eigenvalue weighted by molar-refractivity contribution is 5.77. The summed E-state index contributed by atoms with van der Waals surface area (Å²) in [5, 5.41) is 11.1. The predicted octanol–water partition coefficient (Wildman–Crippen LogP) is 1.16. The van der Waals surface area contributed by atoms with Crippen LogP contribution in [-0.4, -0.2) is 38.1 Å². The summed E-state index contributed by atoms with van der Waals surface area (Å²) in [5.41, 5.74) is 0.952. The molecule has 0 spiro atoms. The van der Waals surface area contributed by atoms with E-state index in [-0.39, 0.29) is 12.3 Å². The molecule has 19 heavy (non-hydrogen) atoms. The fraction of sp³-hybridized carbons (Fsp3) is 0.429. The molecule has 0 aliphatic rings. The number of hydrogen-bond donors (Lipinski definition) is 1. The minimum atomic E-state index is -0.263. The van der Waals surface area contributed by atoms with Crippen LogP contribution in [-0.2, 0) is 11.3 Å². The van der Waals surface area contributed by atoms with Gasteiger partial charge in [0.2, 0.25) is 5.91 Å². The average Bonchev–Trinajstić information content (AvgIpc) is 2.37. The van der Waals surface area contributed by atoms with Gasteiger partial charge in [-0.15, -0.1) is 0 Å². The lowest BCUT2D eigenvalue weighted by molar-refractivity contribution is -0.120. The second-order valence-corrected chi connectivity index (χ2v) is 4.41. The van der Waals surface area contributed by atoms with Crippen LogP contribution in [0.3, 0.4) is 0 Å². The summed E-state index contributed by atoms with van der Waals surface area (Å²) >= 11 is 0. The molecule has 0 fully saturated rings. The van der Waals surface area contributed by atoms with E-state index in [1.807, 2.05) is 49.3 Å². The Morgan fingerprint density at radius 1 is 1.47 bits per heavy atom. The maximum Gasteiger partial charge on any atom is 0.234 e. The molecule has 0 unspecified atom stereocenters. The zero-order valence-corrected chi connectivity index (χ0v) is 11.3. The van der Waals surface area contributed by atoms with Gasteiger partial charge < -0.3 is 15.0 Å². The normalized spacial score (nSPS) is 10.0. The molecule has 0 atom stereocenters. The van der Waals surface area contributed by atoms with Crippen molar-refractivity contribution in [3.8, 4) is 11.8 Å². The summed E-state index contributed by atoms with van der Waals surface area (Å²) < 4.78 is 5.61. The van der Waals surface area contributed by atoms with Gasteiger partial charge in [-0.05, 0) is 31.8 Å². The SMILES string of the molecule is CN(C)CCOc1cccc(CNC(=O)CC#N)c1. The molecule has 0 heterocycles. The van der Waals surface area contributed by atoms with E-state index in [9.17, 15) is 4.79 Å². The fourth-order valence-corrected chi connectivity index (χ4v) is 1.43. The third-order valence-corrected chi connectivity index (χ3v) is 2.43. The molecule has 102 valence electrons. The largest absolute Gasteiger partial charge is 0.492 e. The Morgan fingerprint density at radius 3 is 2.95 bits per heavy atom. The third-order valence-electron chi connectivity index (χ3n) is 2.43. The summed E-state index contributed by atoms with van der Waals surface area (Å²) in [6.45, 7) is 1.88. The van der Waals surface area contributed by atoms with Crippen molar-refractivity contribution in [1.29, 1.82) is 5.26 Å². The van der Waals surface area contributed by atoms with Crippen LogP contribution in [0.5, 0.6) is 5.75 Å². The molecule has 1 aromatic carbocycles. The van der Waals surface area contributed by atoms with Gasteiger partial charge in [0, 0.05) is 13.1 Å². The van der Waals surface area contributed by atoms with Crippen molar-refractivity contribution in [3.05, 3.63) is 29.8 Å². The summed E-state index contributed by atoms with van der Waals surface area (Å²) in [7, 11) is 3.98. The number of rotatable bonds is 7. The zero-order chi connectivity index (χ0) is 14.1. The molecule has 0 aliphatic carbocycles. The van der Waals surface area contributed by atoms with Crippen LogP contribution < -0.4 is 10.1 Å². The first-order valence-corrected chi connectivity index (χ1v) is 6.12. The first-order valence-electron chi connectivity index (χ1n) is 6.12. The quantitative estimate of drug-likeness (QED) is 0.800. The van der Waals surface area contributed by atoms with Gasteiger partial charge in [-0.3, -0.25) is 4.79 Å². The molecule has 5 heteroatoms. The highest BCUT2D eigenvalue weighted by Crippen LogP contribution is 2.13. The second-order valence-electron chi connectivity index (χ2n) is 4.41. The van der Waals surface area contributed by atoms with E-state index < -0.39 is 0 Å². The van der Waals surface area contributed by atoms with Crippen LogP contribution >= 0.6 is 0 Å². The Labute approximate surface area is 113 Å². The average molecular weight is 261 g/mol. The van der Waals surface area contributed by atoms with Gasteiger partial charge in [0.1, 0.15) is 18.8 Å². The van der Waals surface area contributed by atoms with Gasteiger partial charge >= 0.3 is 0 Å². The van der Waals surface area contributed by atoms with Crippen LogP contribution in [0.2, 0.25) is 0 Å². The van der Waals surface area contributed by atoms with Crippen molar-refractivity contribution in [2.75, 3.05) is 27.2 Å². The number of likely N-dealkylation sites (N-methyl/N-ethyl adjacent to an activating group) is 1. The van der Waals surface area contributed by atoms with Crippen molar-refractivity contribution in [3.63, 3.8) is 0 Å². The summed E-state index contributed by atoms with van der Waals surface area (Å²) in [6, 6.07) is 9.38. The molecular weight excluding hydrogens is 242 g/mol. The third kappa shape index (κ3) is 6.43. The van der Waals surface area contributed by atoms with Gasteiger partial charge in [0.25, 0.3) is 0 Å². The Kier molecular flexibility index (Phi) is 6.41. The summed E-state index contributed by atoms with van der Waals surface area (Å²) in [4.78, 5) is 13.2. The molecular formula is C14H19N3O2. The van der Waals surface area contributed by atoms with E-state index in [4.69, 9.17) is 10.00 Å². The van der Waals surface area contributed by atoms with Crippen LogP contribution in [0.1, 0.15) is 12.0 Å². The van der Waals surface area contributed by atoms with Gasteiger partial charge in [-0.2, -0.15) is 5.26 Å². The maximum atomic E-state index is 11.2. The molecule has 1 N–H and O–H groups in total. The van der Waals surface area contributed by atoms with E-state index in [1.165, 1.54) is 0 Å². The molecule has 1 aromatic rings. The molecule has 0 aromatic heterocycles. The second kappa shape index (κ2) is 8.11. The zero-order valence-electron chi connectivity index (χ0n) is 11.3. The number of carbonyl (C=O) groups is 1. The number of nitrogens with one attached hydrogen (secondary N) is 1. The van der Waals surface area contributed by atoms with Crippen molar-refractivity contribution in [2.45, 2.75) is 13.0 Å². The summed E-state index contributed by atoms with van der Waals surface area (Å²) in [5.74, 6) is 0.523. The summed E-state index contributed by atoms with van der Waals surface area (Å²) in [6.07, 6.45) is -0.112. The van der Waals surface area contributed by atoms with Crippen LogP contribution in [0.15, 0.2) is 24.3 Å². The standard InChI is InChI=1S/C14H19N3O2/c1-17(2)8-9-19-13-5-3-4-12(10-13)11-16-14(18)6-7-15/h3-5,10H,6,8-9,11H2,1-2H3,(H,16,18). The minimum absolute atomic E-state index is 0.112. The highest BCUT2D eigenvalue weighted by atomic mass is 16.5. The van der Waals surface area contributed by atoms with E-state index >= 15 is 0 Å². The van der Waals surface area contributed by atoms with Gasteiger partial charge in [0.05, 0.1) is 6.07 Å². The number of carbonyl (C=O) groups excluding carboxylic acids is 1. The van der Waals surface area contributed by atoms with Gasteiger partial charge in [-0.1, -0.05) is 12.1 Å². The number of ether oxygens (including phenoxy) is 1. The van der Waals surface area contributed by atoms with Crippen molar-refractivity contribution >= 4 is 5.91 Å². The van der Waals surface area contributed by atoms with Gasteiger partial charge in [0.15, 0.2) is 0 Å². The molecule has 1 rings (SSSR count). The minimum Gasteiger partial charge on any atom is -0.492 e. The number of hydrogen-bond acceptors (Lipinski definition) is 4. The van der Waals surface area contributed by atoms with Crippen LogP contribution in [0.4, 0.5) is 0 Å². The van der Waals surface area contributed by atoms with E-state index in [0.29, 0.717) is 13.2 Å². The lowest BCUT2D eigenvalue weighted by atomic mass is 10.2. The molecule has 0 saturated heterocycles. The highest BCUT2D eigenvalue weighted by Gasteiger charge is 2.01. The number of benzene rings is 1. The van der Waals surface area contributed by atoms with Crippen molar-refractivity contribution in [1.82, 2.24) is 10.2 Å². The van der Waals surface area contributed by atoms with Crippen molar-refractivity contribution < 1.29 is 9.53 Å². The number of nitriles is 1. The molecule has 0 saturated carbocycles. The van der Waals surface area contributed by atoms with Crippen LogP contribution in [0.25, 0.3) is 0 Å². The first-order chi connectivity index (χ1) is 9.11. The Hall–Kier alpha value is -2.06. The van der Waals surface area contributed by atoms with Crippen LogP contribution in [0, 0.1) is 11.3 Å². The first kappa shape index (κ1) is 15.0. The monoisotopic (exact) mass is 261 g/mol. The Morgan fingerprint density at radius 2 is 2.26 bits per heavy atom. The molecule has 0 aliphatic heterocycles. The Bertz CT molecular complexity index is 452. The smallest absolute Gasteiger partial charge is 0.234 e. The van der Waals surface area contributed by atoms with Crippen molar-refractivity contribution in [2.24, 2.45) is 0 Å². The lowest BCUT2D eigenvalue weighted by Crippen LogP contribution is -2.22. The Balaban J connectivity index is 2.43. The van der Waals surface area contributed by atoms with E-state index in [1.54, 1.807) is 0 Å².